The predicted octanol–water partition coefficient (Wildman–Crippen LogP) is 2.67. The average molecular weight is 295 g/mol. The summed E-state index contributed by atoms with van der Waals surface area (Å²) >= 11 is 3.53. The Morgan fingerprint density at radius 1 is 1.35 bits per heavy atom. The van der Waals surface area contributed by atoms with Crippen LogP contribution in [0.5, 0.6) is 0 Å². The van der Waals surface area contributed by atoms with Crippen molar-refractivity contribution in [2.45, 2.75) is 26.8 Å². The molecule has 2 N–H and O–H groups in total. The highest BCUT2D eigenvalue weighted by molar-refractivity contribution is 9.10. The minimum absolute atomic E-state index is 0.0111. The van der Waals surface area contributed by atoms with E-state index in [9.17, 15) is 0 Å². The lowest BCUT2D eigenvalue weighted by Crippen LogP contribution is -2.07. The zero-order chi connectivity index (χ0) is 12.6. The third-order valence-electron chi connectivity index (χ3n) is 2.59. The summed E-state index contributed by atoms with van der Waals surface area (Å²) in [5.41, 5.74) is 7.94. The number of aryl methyl sites for hydroxylation is 2. The van der Waals surface area contributed by atoms with Crippen LogP contribution in [-0.4, -0.2) is 14.8 Å². The maximum atomic E-state index is 5.87. The van der Waals surface area contributed by atoms with Crippen molar-refractivity contribution in [1.82, 2.24) is 14.8 Å². The van der Waals surface area contributed by atoms with E-state index in [1.165, 1.54) is 0 Å². The standard InChI is InChI=1S/C12H15BrN4/c1-7(14)11-5-4-10(6-12(11)13)17-9(3)15-8(2)16-17/h4-7H,14H2,1-3H3. The van der Waals surface area contributed by atoms with E-state index >= 15 is 0 Å². The Labute approximate surface area is 109 Å². The summed E-state index contributed by atoms with van der Waals surface area (Å²) in [7, 11) is 0. The molecule has 1 atom stereocenters. The first-order valence-electron chi connectivity index (χ1n) is 5.44. The van der Waals surface area contributed by atoms with Gasteiger partial charge in [0.15, 0.2) is 0 Å². The normalized spacial score (nSPS) is 12.8. The number of nitrogens with two attached hydrogens (primary N) is 1. The van der Waals surface area contributed by atoms with Crippen LogP contribution in [0.25, 0.3) is 5.69 Å². The Kier molecular flexibility index (Phi) is 3.31. The monoisotopic (exact) mass is 294 g/mol. The SMILES string of the molecule is Cc1nc(C)n(-c2ccc(C(C)N)c(Br)c2)n1. The molecule has 0 radical (unpaired) electrons. The van der Waals surface area contributed by atoms with Crippen LogP contribution in [0, 0.1) is 13.8 Å². The van der Waals surface area contributed by atoms with Crippen LogP contribution in [0.1, 0.15) is 30.2 Å². The second-order valence-electron chi connectivity index (χ2n) is 4.11. The van der Waals surface area contributed by atoms with Crippen LogP contribution in [-0.2, 0) is 0 Å². The molecule has 17 heavy (non-hydrogen) atoms. The van der Waals surface area contributed by atoms with Crippen molar-refractivity contribution in [3.05, 3.63) is 39.9 Å². The molecular weight excluding hydrogens is 280 g/mol. The van der Waals surface area contributed by atoms with Gasteiger partial charge in [0.05, 0.1) is 5.69 Å². The van der Waals surface area contributed by atoms with E-state index in [1.807, 2.05) is 43.7 Å². The van der Waals surface area contributed by atoms with E-state index in [-0.39, 0.29) is 6.04 Å². The molecule has 1 aromatic heterocycles. The van der Waals surface area contributed by atoms with Crippen molar-refractivity contribution in [1.29, 1.82) is 0 Å². The first-order valence-corrected chi connectivity index (χ1v) is 6.24. The summed E-state index contributed by atoms with van der Waals surface area (Å²) in [6.45, 7) is 5.78. The average Bonchev–Trinajstić information content (AvgIpc) is 2.57. The fourth-order valence-corrected chi connectivity index (χ4v) is 2.51. The van der Waals surface area contributed by atoms with Gasteiger partial charge in [-0.3, -0.25) is 0 Å². The Balaban J connectivity index is 2.48. The zero-order valence-electron chi connectivity index (χ0n) is 10.1. The van der Waals surface area contributed by atoms with Gasteiger partial charge < -0.3 is 5.73 Å². The minimum atomic E-state index is 0.0111. The fraction of sp³-hybridized carbons (Fsp3) is 0.333. The van der Waals surface area contributed by atoms with Crippen molar-refractivity contribution >= 4 is 15.9 Å². The number of hydrogen-bond acceptors (Lipinski definition) is 3. The summed E-state index contributed by atoms with van der Waals surface area (Å²) < 4.78 is 2.82. The highest BCUT2D eigenvalue weighted by atomic mass is 79.9. The van der Waals surface area contributed by atoms with Gasteiger partial charge in [0.25, 0.3) is 0 Å². The number of nitrogens with zero attached hydrogens (tertiary/aromatic N) is 3. The lowest BCUT2D eigenvalue weighted by molar-refractivity contribution is 0.802. The van der Waals surface area contributed by atoms with Crippen molar-refractivity contribution in [3.63, 3.8) is 0 Å². The van der Waals surface area contributed by atoms with E-state index < -0.39 is 0 Å². The first kappa shape index (κ1) is 12.3. The largest absolute Gasteiger partial charge is 0.324 e. The molecule has 0 saturated heterocycles. The lowest BCUT2D eigenvalue weighted by Gasteiger charge is -2.10. The Morgan fingerprint density at radius 2 is 2.06 bits per heavy atom. The summed E-state index contributed by atoms with van der Waals surface area (Å²) in [5, 5.41) is 4.35. The molecule has 0 aliphatic rings. The maximum Gasteiger partial charge on any atom is 0.148 e. The quantitative estimate of drug-likeness (QED) is 0.926. The summed E-state index contributed by atoms with van der Waals surface area (Å²) in [4.78, 5) is 4.29. The molecule has 4 nitrogen and oxygen atoms in total. The van der Waals surface area contributed by atoms with Crippen molar-refractivity contribution < 1.29 is 0 Å². The Hall–Kier alpha value is -1.20. The highest BCUT2D eigenvalue weighted by Gasteiger charge is 2.09. The van der Waals surface area contributed by atoms with Crippen LogP contribution in [0.2, 0.25) is 0 Å². The molecule has 1 heterocycles. The molecule has 90 valence electrons. The van der Waals surface area contributed by atoms with Gasteiger partial charge in [-0.15, -0.1) is 0 Å². The van der Waals surface area contributed by atoms with Crippen LogP contribution in [0.4, 0.5) is 0 Å². The molecule has 1 aromatic carbocycles. The zero-order valence-corrected chi connectivity index (χ0v) is 11.7. The Morgan fingerprint density at radius 3 is 2.53 bits per heavy atom. The van der Waals surface area contributed by atoms with Gasteiger partial charge in [-0.2, -0.15) is 5.10 Å². The predicted molar refractivity (Wildman–Crippen MR) is 71.1 cm³/mol. The Bertz CT molecular complexity index is 545. The van der Waals surface area contributed by atoms with Gasteiger partial charge >= 0.3 is 0 Å². The van der Waals surface area contributed by atoms with E-state index in [1.54, 1.807) is 0 Å². The lowest BCUT2D eigenvalue weighted by atomic mass is 10.1. The van der Waals surface area contributed by atoms with Gasteiger partial charge in [0, 0.05) is 10.5 Å². The second kappa shape index (κ2) is 4.58. The van der Waals surface area contributed by atoms with Gasteiger partial charge in [0.2, 0.25) is 0 Å². The van der Waals surface area contributed by atoms with Crippen molar-refractivity contribution in [3.8, 4) is 5.69 Å². The third-order valence-corrected chi connectivity index (χ3v) is 3.28. The molecule has 0 aliphatic heterocycles. The number of aromatic nitrogens is 3. The van der Waals surface area contributed by atoms with Gasteiger partial charge in [-0.25, -0.2) is 9.67 Å². The molecule has 2 rings (SSSR count). The van der Waals surface area contributed by atoms with Gasteiger partial charge in [-0.05, 0) is 38.5 Å². The number of benzene rings is 1. The molecular formula is C12H15BrN4. The first-order chi connectivity index (χ1) is 7.99. The maximum absolute atomic E-state index is 5.87. The molecule has 0 saturated carbocycles. The van der Waals surface area contributed by atoms with Crippen LogP contribution in [0.15, 0.2) is 22.7 Å². The molecule has 0 amide bonds. The van der Waals surface area contributed by atoms with Crippen LogP contribution < -0.4 is 5.73 Å². The number of rotatable bonds is 2. The summed E-state index contributed by atoms with van der Waals surface area (Å²) in [5.74, 6) is 1.65. The summed E-state index contributed by atoms with van der Waals surface area (Å²) in [6, 6.07) is 6.04. The topological polar surface area (TPSA) is 56.7 Å². The molecule has 0 aliphatic carbocycles. The molecule has 1 unspecified atom stereocenters. The van der Waals surface area contributed by atoms with E-state index in [2.05, 4.69) is 26.0 Å². The molecule has 0 bridgehead atoms. The molecule has 0 spiro atoms. The number of hydrogen-bond donors (Lipinski definition) is 1. The van der Waals surface area contributed by atoms with Crippen LogP contribution >= 0.6 is 15.9 Å². The van der Waals surface area contributed by atoms with E-state index in [4.69, 9.17) is 5.73 Å². The van der Waals surface area contributed by atoms with Crippen molar-refractivity contribution in [2.75, 3.05) is 0 Å². The van der Waals surface area contributed by atoms with Crippen LogP contribution in [0.3, 0.4) is 0 Å². The van der Waals surface area contributed by atoms with Gasteiger partial charge in [0.1, 0.15) is 11.6 Å². The fourth-order valence-electron chi connectivity index (χ4n) is 1.78. The summed E-state index contributed by atoms with van der Waals surface area (Å²) in [6.07, 6.45) is 0. The molecule has 0 fully saturated rings. The number of halogens is 1. The minimum Gasteiger partial charge on any atom is -0.324 e. The molecule has 5 heteroatoms. The third kappa shape index (κ3) is 2.40. The smallest absolute Gasteiger partial charge is 0.148 e. The second-order valence-corrected chi connectivity index (χ2v) is 4.97. The van der Waals surface area contributed by atoms with Crippen molar-refractivity contribution in [2.24, 2.45) is 5.73 Å². The highest BCUT2D eigenvalue weighted by Crippen LogP contribution is 2.25. The van der Waals surface area contributed by atoms with Gasteiger partial charge in [-0.1, -0.05) is 22.0 Å². The molecule has 2 aromatic rings. The van der Waals surface area contributed by atoms with E-state index in [0.29, 0.717) is 0 Å². The van der Waals surface area contributed by atoms with E-state index in [0.717, 1.165) is 27.4 Å².